The van der Waals surface area contributed by atoms with Gasteiger partial charge >= 0.3 is 5.69 Å². The van der Waals surface area contributed by atoms with Gasteiger partial charge in [0.15, 0.2) is 16.9 Å². The van der Waals surface area contributed by atoms with E-state index in [4.69, 9.17) is 9.15 Å². The molecule has 0 radical (unpaired) electrons. The summed E-state index contributed by atoms with van der Waals surface area (Å²) in [6.07, 6.45) is 2.88. The number of carbonyl (C=O) groups is 1. The van der Waals surface area contributed by atoms with Crippen LogP contribution in [-0.2, 0) is 13.1 Å². The maximum Gasteiger partial charge on any atom is 0.337 e. The van der Waals surface area contributed by atoms with Crippen LogP contribution in [0.3, 0.4) is 0 Å². The Labute approximate surface area is 193 Å². The van der Waals surface area contributed by atoms with Gasteiger partial charge in [0, 0.05) is 5.56 Å². The Bertz CT molecular complexity index is 1580. The van der Waals surface area contributed by atoms with Gasteiger partial charge in [0.25, 0.3) is 5.56 Å². The van der Waals surface area contributed by atoms with Crippen LogP contribution in [0.1, 0.15) is 16.1 Å². The van der Waals surface area contributed by atoms with Crippen LogP contribution in [-0.4, -0.2) is 31.6 Å². The van der Waals surface area contributed by atoms with E-state index >= 15 is 0 Å². The quantitative estimate of drug-likeness (QED) is 0.349. The van der Waals surface area contributed by atoms with E-state index in [1.54, 1.807) is 67.8 Å². The highest BCUT2D eigenvalue weighted by molar-refractivity contribution is 5.96. The lowest BCUT2D eigenvalue weighted by molar-refractivity contribution is 0.0973. The molecule has 3 heterocycles. The molecule has 0 spiro atoms. The van der Waals surface area contributed by atoms with E-state index in [1.807, 2.05) is 6.07 Å². The first-order valence-corrected chi connectivity index (χ1v) is 10.5. The lowest BCUT2D eigenvalue weighted by Crippen LogP contribution is -2.40. The monoisotopic (exact) mass is 456 g/mol. The van der Waals surface area contributed by atoms with Crippen molar-refractivity contribution in [3.8, 4) is 11.4 Å². The summed E-state index contributed by atoms with van der Waals surface area (Å²) in [4.78, 5) is 44.2. The van der Waals surface area contributed by atoms with Crippen LogP contribution in [0, 0.1) is 0 Å². The molecule has 0 saturated carbocycles. The lowest BCUT2D eigenvalue weighted by atomic mass is 10.1. The minimum Gasteiger partial charge on any atom is -0.497 e. The van der Waals surface area contributed by atoms with Crippen molar-refractivity contribution in [1.82, 2.24) is 18.7 Å². The van der Waals surface area contributed by atoms with E-state index in [2.05, 4.69) is 4.98 Å². The molecule has 0 N–H and O–H groups in total. The minimum atomic E-state index is -0.552. The number of hydrogen-bond acceptors (Lipinski definition) is 6. The molecule has 0 aliphatic heterocycles. The largest absolute Gasteiger partial charge is 0.497 e. The van der Waals surface area contributed by atoms with Crippen molar-refractivity contribution in [2.75, 3.05) is 7.11 Å². The molecule has 0 fully saturated rings. The molecule has 5 aromatic rings. The molecule has 0 amide bonds. The Morgan fingerprint density at radius 2 is 1.76 bits per heavy atom. The summed E-state index contributed by atoms with van der Waals surface area (Å²) in [5.41, 5.74) is 0.249. The number of methoxy groups -OCH3 is 1. The van der Waals surface area contributed by atoms with Crippen LogP contribution in [0.2, 0.25) is 0 Å². The standard InChI is InChI=1S/C25H20N4O5/c1-33-19-11-9-17(10-12-19)21(30)15-27-16-26-23-22(27)24(31)28(14-20-8-5-13-34-20)25(32)29(23)18-6-3-2-4-7-18/h2-13,16H,14-15H2,1H3. The van der Waals surface area contributed by atoms with Gasteiger partial charge in [0.1, 0.15) is 11.5 Å². The number of furan rings is 1. The Morgan fingerprint density at radius 1 is 1.00 bits per heavy atom. The van der Waals surface area contributed by atoms with Crippen LogP contribution in [0.4, 0.5) is 0 Å². The predicted molar refractivity (Wildman–Crippen MR) is 125 cm³/mol. The normalized spacial score (nSPS) is 11.1. The molecule has 0 bridgehead atoms. The number of aromatic nitrogens is 4. The number of imidazole rings is 1. The van der Waals surface area contributed by atoms with E-state index < -0.39 is 11.2 Å². The Kier molecular flexibility index (Phi) is 5.43. The molecule has 9 heteroatoms. The lowest BCUT2D eigenvalue weighted by Gasteiger charge is -2.12. The van der Waals surface area contributed by atoms with E-state index in [0.717, 1.165) is 4.57 Å². The van der Waals surface area contributed by atoms with Gasteiger partial charge in [-0.1, -0.05) is 18.2 Å². The first-order valence-electron chi connectivity index (χ1n) is 10.5. The first-order chi connectivity index (χ1) is 16.6. The SMILES string of the molecule is COc1ccc(C(=O)Cn2cnc3c2c(=O)n(Cc2ccco2)c(=O)n3-c2ccccc2)cc1. The highest BCUT2D eigenvalue weighted by atomic mass is 16.5. The van der Waals surface area contributed by atoms with Gasteiger partial charge in [-0.25, -0.2) is 14.3 Å². The molecule has 0 aliphatic carbocycles. The van der Waals surface area contributed by atoms with E-state index in [0.29, 0.717) is 22.8 Å². The molecule has 34 heavy (non-hydrogen) atoms. The summed E-state index contributed by atoms with van der Waals surface area (Å²) in [5.74, 6) is 0.882. The average molecular weight is 456 g/mol. The molecular formula is C25H20N4O5. The molecule has 0 atom stereocenters. The van der Waals surface area contributed by atoms with Gasteiger partial charge in [0.05, 0.1) is 38.5 Å². The topological polar surface area (TPSA) is 101 Å². The summed E-state index contributed by atoms with van der Waals surface area (Å²) in [5, 5.41) is 0. The fraction of sp³-hybridized carbons (Fsp3) is 0.120. The second kappa shape index (κ2) is 8.70. The van der Waals surface area contributed by atoms with Crippen molar-refractivity contribution in [1.29, 1.82) is 0 Å². The fourth-order valence-corrected chi connectivity index (χ4v) is 3.83. The summed E-state index contributed by atoms with van der Waals surface area (Å²) in [6.45, 7) is -0.170. The first kappa shape index (κ1) is 21.2. The molecule has 0 saturated heterocycles. The van der Waals surface area contributed by atoms with Gasteiger partial charge < -0.3 is 13.7 Å². The molecule has 9 nitrogen and oxygen atoms in total. The smallest absolute Gasteiger partial charge is 0.337 e. The van der Waals surface area contributed by atoms with Crippen LogP contribution in [0.25, 0.3) is 16.9 Å². The number of para-hydroxylation sites is 1. The van der Waals surface area contributed by atoms with Crippen molar-refractivity contribution in [2.45, 2.75) is 13.1 Å². The van der Waals surface area contributed by atoms with Crippen LogP contribution in [0.5, 0.6) is 5.75 Å². The fourth-order valence-electron chi connectivity index (χ4n) is 3.83. The average Bonchev–Trinajstić information content (AvgIpc) is 3.53. The summed E-state index contributed by atoms with van der Waals surface area (Å²) >= 11 is 0. The van der Waals surface area contributed by atoms with Crippen molar-refractivity contribution in [2.24, 2.45) is 0 Å². The number of ether oxygens (including phenoxy) is 1. The zero-order valence-corrected chi connectivity index (χ0v) is 18.2. The zero-order valence-electron chi connectivity index (χ0n) is 18.2. The molecular weight excluding hydrogens is 436 g/mol. The maximum atomic E-state index is 13.5. The zero-order chi connectivity index (χ0) is 23.7. The van der Waals surface area contributed by atoms with Crippen molar-refractivity contribution in [3.63, 3.8) is 0 Å². The Morgan fingerprint density at radius 3 is 2.44 bits per heavy atom. The van der Waals surface area contributed by atoms with Gasteiger partial charge in [-0.15, -0.1) is 0 Å². The van der Waals surface area contributed by atoms with Crippen LogP contribution in [0.15, 0.2) is 93.3 Å². The summed E-state index contributed by atoms with van der Waals surface area (Å²) in [7, 11) is 1.55. The summed E-state index contributed by atoms with van der Waals surface area (Å²) < 4.78 is 14.4. The Hall–Kier alpha value is -4.66. The minimum absolute atomic E-state index is 0.0505. The van der Waals surface area contributed by atoms with Crippen LogP contribution < -0.4 is 16.0 Å². The summed E-state index contributed by atoms with van der Waals surface area (Å²) in [6, 6.07) is 19.0. The number of nitrogens with zero attached hydrogens (tertiary/aromatic N) is 4. The van der Waals surface area contributed by atoms with E-state index in [1.165, 1.54) is 21.7 Å². The van der Waals surface area contributed by atoms with Gasteiger partial charge in [0.2, 0.25) is 0 Å². The molecule has 170 valence electrons. The number of Topliss-reactive ketones (excluding diaryl/α,β-unsaturated/α-hetero) is 1. The third kappa shape index (κ3) is 3.73. The highest BCUT2D eigenvalue weighted by Crippen LogP contribution is 2.16. The number of fused-ring (bicyclic) bond motifs is 1. The number of carbonyl (C=O) groups excluding carboxylic acids is 1. The molecule has 3 aromatic heterocycles. The molecule has 0 unspecified atom stereocenters. The van der Waals surface area contributed by atoms with E-state index in [9.17, 15) is 14.4 Å². The van der Waals surface area contributed by atoms with Crippen molar-refractivity contribution >= 4 is 16.9 Å². The maximum absolute atomic E-state index is 13.5. The number of rotatable bonds is 7. The number of hydrogen-bond donors (Lipinski definition) is 0. The van der Waals surface area contributed by atoms with Crippen molar-refractivity contribution < 1.29 is 13.9 Å². The second-order valence-electron chi connectivity index (χ2n) is 7.62. The molecule has 2 aromatic carbocycles. The van der Waals surface area contributed by atoms with Gasteiger partial charge in [-0.2, -0.15) is 0 Å². The number of ketones is 1. The molecule has 5 rings (SSSR count). The third-order valence-electron chi connectivity index (χ3n) is 5.53. The highest BCUT2D eigenvalue weighted by Gasteiger charge is 2.21. The van der Waals surface area contributed by atoms with E-state index in [-0.39, 0.29) is 30.0 Å². The Balaban J connectivity index is 1.66. The molecule has 0 aliphatic rings. The predicted octanol–water partition coefficient (Wildman–Crippen LogP) is 2.88. The third-order valence-corrected chi connectivity index (χ3v) is 5.53. The second-order valence-corrected chi connectivity index (χ2v) is 7.62. The van der Waals surface area contributed by atoms with Crippen molar-refractivity contribution in [3.05, 3.63) is 111 Å². The number of benzene rings is 2. The van der Waals surface area contributed by atoms with Gasteiger partial charge in [-0.3, -0.25) is 14.2 Å². The van der Waals surface area contributed by atoms with Crippen LogP contribution >= 0.6 is 0 Å². The van der Waals surface area contributed by atoms with Gasteiger partial charge in [-0.05, 0) is 48.5 Å².